The van der Waals surface area contributed by atoms with E-state index in [-0.39, 0.29) is 5.82 Å². The number of aromatic nitrogens is 2. The number of piperidine rings is 1. The van der Waals surface area contributed by atoms with Gasteiger partial charge in [0.25, 0.3) is 0 Å². The van der Waals surface area contributed by atoms with Crippen LogP contribution in [-0.4, -0.2) is 27.5 Å². The molecule has 2 heterocycles. The van der Waals surface area contributed by atoms with Crippen molar-refractivity contribution in [1.29, 1.82) is 0 Å². The molecule has 0 amide bonds. The van der Waals surface area contributed by atoms with Crippen LogP contribution in [-0.2, 0) is 13.1 Å². The van der Waals surface area contributed by atoms with Gasteiger partial charge in [-0.25, -0.2) is 9.37 Å². The fourth-order valence-corrected chi connectivity index (χ4v) is 4.07. The third-order valence-corrected chi connectivity index (χ3v) is 5.65. The van der Waals surface area contributed by atoms with Gasteiger partial charge in [-0.15, -0.1) is 0 Å². The highest BCUT2D eigenvalue weighted by molar-refractivity contribution is 5.17. The number of hydrogen-bond donors (Lipinski definition) is 0. The molecule has 4 rings (SSSR count). The van der Waals surface area contributed by atoms with Crippen molar-refractivity contribution >= 4 is 0 Å². The van der Waals surface area contributed by atoms with Crippen LogP contribution in [0.15, 0.2) is 36.7 Å². The van der Waals surface area contributed by atoms with Gasteiger partial charge in [0.1, 0.15) is 11.6 Å². The number of imidazole rings is 1. The lowest BCUT2D eigenvalue weighted by molar-refractivity contribution is 0.189. The molecule has 4 heteroatoms. The van der Waals surface area contributed by atoms with Gasteiger partial charge in [0.15, 0.2) is 0 Å². The van der Waals surface area contributed by atoms with Gasteiger partial charge < -0.3 is 4.57 Å². The number of benzene rings is 1. The molecule has 24 heavy (non-hydrogen) atoms. The molecule has 0 radical (unpaired) electrons. The van der Waals surface area contributed by atoms with Gasteiger partial charge in [-0.05, 0) is 44.2 Å². The molecule has 2 fully saturated rings. The van der Waals surface area contributed by atoms with Crippen LogP contribution < -0.4 is 0 Å². The first-order valence-corrected chi connectivity index (χ1v) is 9.26. The van der Waals surface area contributed by atoms with Crippen LogP contribution in [0.5, 0.6) is 0 Å². The largest absolute Gasteiger partial charge is 0.334 e. The van der Waals surface area contributed by atoms with E-state index in [1.807, 2.05) is 18.3 Å². The van der Waals surface area contributed by atoms with Gasteiger partial charge in [-0.3, -0.25) is 4.90 Å². The molecule has 1 aliphatic heterocycles. The Hall–Kier alpha value is -1.68. The molecular formula is C20H26FN3. The van der Waals surface area contributed by atoms with E-state index in [1.165, 1.54) is 31.5 Å². The number of likely N-dealkylation sites (tertiary alicyclic amines) is 1. The average Bonchev–Trinajstić information content (AvgIpc) is 3.02. The van der Waals surface area contributed by atoms with Crippen LogP contribution in [0.25, 0.3) is 0 Å². The Bertz CT molecular complexity index is 677. The van der Waals surface area contributed by atoms with E-state index in [4.69, 9.17) is 0 Å². The maximum Gasteiger partial charge on any atom is 0.127 e. The summed E-state index contributed by atoms with van der Waals surface area (Å²) in [6.45, 7) is 3.86. The van der Waals surface area contributed by atoms with Gasteiger partial charge in [0.05, 0.1) is 0 Å². The fourth-order valence-electron chi connectivity index (χ4n) is 4.07. The Balaban J connectivity index is 1.43. The van der Waals surface area contributed by atoms with Crippen LogP contribution in [0.3, 0.4) is 0 Å². The molecule has 1 aliphatic carbocycles. The number of nitrogens with zero attached hydrogens (tertiary/aromatic N) is 3. The van der Waals surface area contributed by atoms with Crippen LogP contribution in [0.4, 0.5) is 4.39 Å². The van der Waals surface area contributed by atoms with Crippen molar-refractivity contribution in [2.45, 2.75) is 51.1 Å². The van der Waals surface area contributed by atoms with Gasteiger partial charge in [-0.1, -0.05) is 24.6 Å². The van der Waals surface area contributed by atoms with E-state index in [2.05, 4.69) is 20.6 Å². The Morgan fingerprint density at radius 2 is 2.00 bits per heavy atom. The van der Waals surface area contributed by atoms with Crippen molar-refractivity contribution in [3.8, 4) is 0 Å². The van der Waals surface area contributed by atoms with Gasteiger partial charge in [0.2, 0.25) is 0 Å². The first-order valence-electron chi connectivity index (χ1n) is 9.26. The monoisotopic (exact) mass is 327 g/mol. The van der Waals surface area contributed by atoms with Crippen LogP contribution in [0, 0.1) is 11.7 Å². The van der Waals surface area contributed by atoms with E-state index in [0.29, 0.717) is 12.5 Å². The molecule has 1 saturated carbocycles. The predicted octanol–water partition coefficient (Wildman–Crippen LogP) is 4.20. The summed E-state index contributed by atoms with van der Waals surface area (Å²) in [5.74, 6) is 2.46. The third kappa shape index (κ3) is 3.39. The van der Waals surface area contributed by atoms with Crippen molar-refractivity contribution in [3.05, 3.63) is 53.9 Å². The topological polar surface area (TPSA) is 21.1 Å². The molecule has 1 atom stereocenters. The maximum atomic E-state index is 13.9. The number of hydrogen-bond acceptors (Lipinski definition) is 2. The predicted molar refractivity (Wildman–Crippen MR) is 93.2 cm³/mol. The van der Waals surface area contributed by atoms with E-state index < -0.39 is 0 Å². The van der Waals surface area contributed by atoms with Crippen LogP contribution in [0.1, 0.15) is 49.4 Å². The lowest BCUT2D eigenvalue weighted by Gasteiger charge is -2.33. The zero-order valence-electron chi connectivity index (χ0n) is 14.2. The average molecular weight is 327 g/mol. The quantitative estimate of drug-likeness (QED) is 0.820. The molecule has 1 aromatic carbocycles. The molecule has 0 spiro atoms. The zero-order valence-corrected chi connectivity index (χ0v) is 14.2. The summed E-state index contributed by atoms with van der Waals surface area (Å²) in [7, 11) is 0. The highest BCUT2D eigenvalue weighted by Crippen LogP contribution is 2.31. The molecule has 1 unspecified atom stereocenters. The van der Waals surface area contributed by atoms with Gasteiger partial charge >= 0.3 is 0 Å². The summed E-state index contributed by atoms with van der Waals surface area (Å²) in [6, 6.07) is 7.14. The Kier molecular flexibility index (Phi) is 4.65. The first-order chi connectivity index (χ1) is 11.8. The Labute approximate surface area is 143 Å². The fraction of sp³-hybridized carbons (Fsp3) is 0.550. The molecule has 2 aliphatic rings. The van der Waals surface area contributed by atoms with Crippen LogP contribution >= 0.6 is 0 Å². The molecule has 2 aromatic rings. The van der Waals surface area contributed by atoms with Gasteiger partial charge in [0, 0.05) is 43.5 Å². The lowest BCUT2D eigenvalue weighted by atomic mass is 9.85. The van der Waals surface area contributed by atoms with Crippen LogP contribution in [0.2, 0.25) is 0 Å². The summed E-state index contributed by atoms with van der Waals surface area (Å²) < 4.78 is 16.3. The highest BCUT2D eigenvalue weighted by Gasteiger charge is 2.26. The van der Waals surface area contributed by atoms with E-state index in [9.17, 15) is 4.39 Å². The molecule has 3 nitrogen and oxygen atoms in total. The zero-order chi connectivity index (χ0) is 16.4. The first kappa shape index (κ1) is 15.8. The number of halogens is 1. The minimum Gasteiger partial charge on any atom is -0.334 e. The SMILES string of the molecule is Fc1ccccc1CN1CCCC(c2nccn2CC2CCC2)C1. The lowest BCUT2D eigenvalue weighted by Crippen LogP contribution is -2.35. The molecule has 0 N–H and O–H groups in total. The minimum absolute atomic E-state index is 0.0916. The van der Waals surface area contributed by atoms with E-state index in [0.717, 1.165) is 37.5 Å². The van der Waals surface area contributed by atoms with E-state index in [1.54, 1.807) is 12.1 Å². The second-order valence-corrected chi connectivity index (χ2v) is 7.40. The normalized spacial score (nSPS) is 22.5. The second kappa shape index (κ2) is 7.06. The summed E-state index contributed by atoms with van der Waals surface area (Å²) in [5, 5.41) is 0. The summed E-state index contributed by atoms with van der Waals surface area (Å²) in [6.07, 6.45) is 10.6. The molecule has 128 valence electrons. The van der Waals surface area contributed by atoms with Crippen molar-refractivity contribution < 1.29 is 4.39 Å². The summed E-state index contributed by atoms with van der Waals surface area (Å²) in [5.41, 5.74) is 0.802. The molecule has 1 saturated heterocycles. The smallest absolute Gasteiger partial charge is 0.127 e. The Morgan fingerprint density at radius 3 is 2.79 bits per heavy atom. The second-order valence-electron chi connectivity index (χ2n) is 7.40. The summed E-state index contributed by atoms with van der Waals surface area (Å²) in [4.78, 5) is 7.06. The number of rotatable bonds is 5. The van der Waals surface area contributed by atoms with Gasteiger partial charge in [-0.2, -0.15) is 0 Å². The maximum absolute atomic E-state index is 13.9. The minimum atomic E-state index is -0.0916. The molecule has 1 aromatic heterocycles. The molecule has 0 bridgehead atoms. The van der Waals surface area contributed by atoms with Crippen molar-refractivity contribution in [2.75, 3.05) is 13.1 Å². The molecular weight excluding hydrogens is 301 g/mol. The summed E-state index contributed by atoms with van der Waals surface area (Å²) >= 11 is 0. The van der Waals surface area contributed by atoms with E-state index >= 15 is 0 Å². The van der Waals surface area contributed by atoms with Crippen molar-refractivity contribution in [3.63, 3.8) is 0 Å². The third-order valence-electron chi connectivity index (χ3n) is 5.65. The highest BCUT2D eigenvalue weighted by atomic mass is 19.1. The van der Waals surface area contributed by atoms with Crippen molar-refractivity contribution in [2.24, 2.45) is 5.92 Å². The Morgan fingerprint density at radius 1 is 1.12 bits per heavy atom. The van der Waals surface area contributed by atoms with Crippen molar-refractivity contribution in [1.82, 2.24) is 14.5 Å². The standard InChI is InChI=1S/C20H26FN3/c21-19-9-2-1-7-17(19)14-23-11-4-8-18(15-23)20-22-10-12-24(20)13-16-5-3-6-16/h1-2,7,9-10,12,16,18H,3-6,8,11,13-15H2.